The number of carbonyl (C=O) groups is 1. The van der Waals surface area contributed by atoms with Gasteiger partial charge in [0.05, 0.1) is 17.4 Å². The van der Waals surface area contributed by atoms with Crippen LogP contribution in [0.2, 0.25) is 0 Å². The molecule has 1 fully saturated rings. The molecule has 3 heterocycles. The summed E-state index contributed by atoms with van der Waals surface area (Å²) in [6.45, 7) is 3.18. The Hall–Kier alpha value is -3.42. The molecule has 0 aliphatic carbocycles. The van der Waals surface area contributed by atoms with E-state index in [-0.39, 0.29) is 11.6 Å². The van der Waals surface area contributed by atoms with Crippen molar-refractivity contribution >= 4 is 23.0 Å². The van der Waals surface area contributed by atoms with E-state index in [1.165, 1.54) is 34.6 Å². The van der Waals surface area contributed by atoms with Gasteiger partial charge in [0.2, 0.25) is 0 Å². The van der Waals surface area contributed by atoms with Crippen molar-refractivity contribution in [3.8, 4) is 0 Å². The first-order valence-electron chi connectivity index (χ1n) is 12.3. The van der Waals surface area contributed by atoms with Gasteiger partial charge in [-0.15, -0.1) is 0 Å². The van der Waals surface area contributed by atoms with Gasteiger partial charge < -0.3 is 25.4 Å². The van der Waals surface area contributed by atoms with Crippen LogP contribution >= 0.6 is 0 Å². The molecule has 1 aromatic heterocycles. The number of ether oxygens (including phenoxy) is 1. The van der Waals surface area contributed by atoms with Gasteiger partial charge in [-0.3, -0.25) is 4.98 Å². The summed E-state index contributed by atoms with van der Waals surface area (Å²) in [5.41, 5.74) is 7.07. The highest BCUT2D eigenvalue weighted by atomic mass is 16.5. The van der Waals surface area contributed by atoms with Gasteiger partial charge in [0.25, 0.3) is 0 Å². The second-order valence-corrected chi connectivity index (χ2v) is 9.28. The Morgan fingerprint density at radius 3 is 2.69 bits per heavy atom. The number of hydrogen-bond acceptors (Lipinski definition) is 6. The molecule has 0 unspecified atom stereocenters. The number of anilines is 3. The summed E-state index contributed by atoms with van der Waals surface area (Å²) in [5, 5.41) is 16.3. The molecule has 7 heteroatoms. The summed E-state index contributed by atoms with van der Waals surface area (Å²) in [7, 11) is 2.11. The van der Waals surface area contributed by atoms with E-state index in [0.717, 1.165) is 44.7 Å². The van der Waals surface area contributed by atoms with E-state index in [0.29, 0.717) is 18.2 Å². The maximum atomic E-state index is 11.5. The average Bonchev–Trinajstić information content (AvgIpc) is 2.92. The molecule has 3 aromatic rings. The lowest BCUT2D eigenvalue weighted by Gasteiger charge is -2.30. The van der Waals surface area contributed by atoms with Crippen molar-refractivity contribution < 1.29 is 14.6 Å². The Kier molecular flexibility index (Phi) is 6.97. The van der Waals surface area contributed by atoms with Gasteiger partial charge in [0.15, 0.2) is 0 Å². The summed E-state index contributed by atoms with van der Waals surface area (Å²) in [6.07, 6.45) is 6.23. The van der Waals surface area contributed by atoms with Gasteiger partial charge in [-0.25, -0.2) is 4.79 Å². The minimum Gasteiger partial charge on any atom is -0.478 e. The fourth-order valence-corrected chi connectivity index (χ4v) is 5.11. The maximum absolute atomic E-state index is 11.5. The van der Waals surface area contributed by atoms with Gasteiger partial charge >= 0.3 is 5.97 Å². The molecule has 2 aliphatic heterocycles. The van der Waals surface area contributed by atoms with Crippen LogP contribution < -0.4 is 15.5 Å². The van der Waals surface area contributed by atoms with E-state index in [4.69, 9.17) is 4.74 Å². The summed E-state index contributed by atoms with van der Waals surface area (Å²) in [4.78, 5) is 17.8. The molecule has 0 spiro atoms. The summed E-state index contributed by atoms with van der Waals surface area (Å²) in [6, 6.07) is 17.2. The van der Waals surface area contributed by atoms with E-state index in [9.17, 15) is 9.90 Å². The molecule has 7 nitrogen and oxygen atoms in total. The lowest BCUT2D eigenvalue weighted by atomic mass is 9.91. The normalized spacial score (nSPS) is 18.0. The standard InChI is InChI=1S/C28H32N4O3/c1-32(22-4-2-19(3-5-22)20-10-14-35-15-11-20)23-6-7-24-21(16-23)8-13-30-27(24)18-31-26-17-29-12-9-25(26)28(33)34/h2-7,9,12,16-17,20,27,30-31H,8,10-11,13-15,18H2,1H3,(H,33,34)/t27-/m1/s1. The molecular weight excluding hydrogens is 440 g/mol. The molecule has 182 valence electrons. The van der Waals surface area contributed by atoms with Gasteiger partial charge in [0, 0.05) is 50.4 Å². The highest BCUT2D eigenvalue weighted by molar-refractivity contribution is 5.93. The zero-order valence-electron chi connectivity index (χ0n) is 20.0. The molecule has 0 saturated carbocycles. The third-order valence-corrected chi connectivity index (χ3v) is 7.20. The fourth-order valence-electron chi connectivity index (χ4n) is 5.11. The first-order chi connectivity index (χ1) is 17.1. The van der Waals surface area contributed by atoms with Gasteiger partial charge in [-0.2, -0.15) is 0 Å². The summed E-state index contributed by atoms with van der Waals surface area (Å²) >= 11 is 0. The number of fused-ring (bicyclic) bond motifs is 1. The lowest BCUT2D eigenvalue weighted by molar-refractivity contribution is 0.0697. The third-order valence-electron chi connectivity index (χ3n) is 7.20. The quantitative estimate of drug-likeness (QED) is 0.458. The van der Waals surface area contributed by atoms with E-state index < -0.39 is 5.97 Å². The Balaban J connectivity index is 1.29. The number of carboxylic acids is 1. The fraction of sp³-hybridized carbons (Fsp3) is 0.357. The highest BCUT2D eigenvalue weighted by Crippen LogP contribution is 2.33. The SMILES string of the molecule is CN(c1ccc(C2CCOCC2)cc1)c1ccc2c(c1)CCN[C@@H]2CNc1cnccc1C(=O)O. The second-order valence-electron chi connectivity index (χ2n) is 9.28. The number of nitrogens with zero attached hydrogens (tertiary/aromatic N) is 2. The summed E-state index contributed by atoms with van der Waals surface area (Å²) in [5.74, 6) is -0.358. The largest absolute Gasteiger partial charge is 0.478 e. The van der Waals surface area contributed by atoms with Gasteiger partial charge in [-0.05, 0) is 78.7 Å². The molecule has 3 N–H and O–H groups in total. The zero-order chi connectivity index (χ0) is 24.2. The first kappa shape index (κ1) is 23.3. The lowest BCUT2D eigenvalue weighted by Crippen LogP contribution is -2.34. The maximum Gasteiger partial charge on any atom is 0.337 e. The Labute approximate surface area is 206 Å². The van der Waals surface area contributed by atoms with Crippen LogP contribution in [0.25, 0.3) is 0 Å². The van der Waals surface area contributed by atoms with Crippen LogP contribution in [0.1, 0.15) is 51.8 Å². The molecule has 2 aromatic carbocycles. The van der Waals surface area contributed by atoms with Crippen LogP contribution in [0.4, 0.5) is 17.1 Å². The molecule has 0 bridgehead atoms. The smallest absolute Gasteiger partial charge is 0.337 e. The zero-order valence-corrected chi connectivity index (χ0v) is 20.0. The number of pyridine rings is 1. The van der Waals surface area contributed by atoms with Crippen molar-refractivity contribution in [1.82, 2.24) is 10.3 Å². The monoisotopic (exact) mass is 472 g/mol. The van der Waals surface area contributed by atoms with Gasteiger partial charge in [-0.1, -0.05) is 18.2 Å². The number of hydrogen-bond donors (Lipinski definition) is 3. The molecule has 1 atom stereocenters. The highest BCUT2D eigenvalue weighted by Gasteiger charge is 2.22. The topological polar surface area (TPSA) is 86.7 Å². The predicted molar refractivity (Wildman–Crippen MR) is 138 cm³/mol. The molecule has 0 amide bonds. The van der Waals surface area contributed by atoms with Crippen LogP contribution in [0.5, 0.6) is 0 Å². The molecule has 5 rings (SSSR count). The summed E-state index contributed by atoms with van der Waals surface area (Å²) < 4.78 is 5.50. The van der Waals surface area contributed by atoms with Crippen LogP contribution in [-0.2, 0) is 11.2 Å². The van der Waals surface area contributed by atoms with Crippen molar-refractivity contribution in [2.24, 2.45) is 0 Å². The van der Waals surface area contributed by atoms with Crippen LogP contribution in [-0.4, -0.2) is 49.4 Å². The molecule has 0 radical (unpaired) electrons. The van der Waals surface area contributed by atoms with Crippen molar-refractivity contribution in [2.75, 3.05) is 43.6 Å². The Morgan fingerprint density at radius 2 is 1.91 bits per heavy atom. The number of aromatic nitrogens is 1. The Bertz CT molecular complexity index is 1180. The van der Waals surface area contributed by atoms with Crippen LogP contribution in [0, 0.1) is 0 Å². The molecule has 35 heavy (non-hydrogen) atoms. The number of nitrogens with one attached hydrogen (secondary N) is 2. The Morgan fingerprint density at radius 1 is 1.14 bits per heavy atom. The van der Waals surface area contributed by atoms with E-state index in [2.05, 4.69) is 70.0 Å². The molecule has 1 saturated heterocycles. The number of carboxylic acid groups (broad SMARTS) is 1. The number of benzene rings is 2. The molecule has 2 aliphatic rings. The van der Waals surface area contributed by atoms with Crippen molar-refractivity contribution in [3.05, 3.63) is 83.2 Å². The third kappa shape index (κ3) is 5.16. The van der Waals surface area contributed by atoms with Crippen molar-refractivity contribution in [3.63, 3.8) is 0 Å². The minimum absolute atomic E-state index is 0.0960. The van der Waals surface area contributed by atoms with Crippen molar-refractivity contribution in [1.29, 1.82) is 0 Å². The van der Waals surface area contributed by atoms with Crippen LogP contribution in [0.15, 0.2) is 60.9 Å². The van der Waals surface area contributed by atoms with E-state index >= 15 is 0 Å². The second kappa shape index (κ2) is 10.5. The number of aromatic carboxylic acids is 1. The van der Waals surface area contributed by atoms with Crippen molar-refractivity contribution in [2.45, 2.75) is 31.2 Å². The van der Waals surface area contributed by atoms with Crippen LogP contribution in [0.3, 0.4) is 0 Å². The predicted octanol–water partition coefficient (Wildman–Crippen LogP) is 4.74. The van der Waals surface area contributed by atoms with E-state index in [1.807, 2.05) is 0 Å². The minimum atomic E-state index is -0.958. The van der Waals surface area contributed by atoms with Gasteiger partial charge in [0.1, 0.15) is 0 Å². The number of rotatable bonds is 7. The van der Waals surface area contributed by atoms with E-state index in [1.54, 1.807) is 6.20 Å². The first-order valence-corrected chi connectivity index (χ1v) is 12.3. The average molecular weight is 473 g/mol. The molecular formula is C28H32N4O3.